The van der Waals surface area contributed by atoms with Crippen LogP contribution in [-0.4, -0.2) is 18.5 Å². The highest BCUT2D eigenvalue weighted by Crippen LogP contribution is 2.18. The van der Waals surface area contributed by atoms with Crippen LogP contribution >= 0.6 is 24.0 Å². The van der Waals surface area contributed by atoms with Gasteiger partial charge in [-0.25, -0.2) is 0 Å². The molecule has 0 saturated heterocycles. The van der Waals surface area contributed by atoms with Crippen molar-refractivity contribution >= 4 is 29.9 Å². The first-order valence-electron chi connectivity index (χ1n) is 8.12. The molecule has 1 saturated carbocycles. The predicted octanol–water partition coefficient (Wildman–Crippen LogP) is 3.49. The molecule has 5 heteroatoms. The summed E-state index contributed by atoms with van der Waals surface area (Å²) in [7, 11) is 0. The summed E-state index contributed by atoms with van der Waals surface area (Å²) >= 11 is 0. The van der Waals surface area contributed by atoms with E-state index in [1.165, 1.54) is 24.0 Å². The summed E-state index contributed by atoms with van der Waals surface area (Å²) in [6.45, 7) is 1.27. The Hall–Kier alpha value is -1.76. The number of ether oxygens (including phenoxy) is 1. The van der Waals surface area contributed by atoms with Crippen LogP contribution < -0.4 is 15.8 Å². The number of hydrogen-bond donors (Lipinski definition) is 2. The molecule has 0 heterocycles. The molecule has 1 fully saturated rings. The van der Waals surface area contributed by atoms with Crippen LogP contribution in [0, 0.1) is 0 Å². The lowest BCUT2D eigenvalue weighted by molar-refractivity contribution is 0.306. The van der Waals surface area contributed by atoms with Gasteiger partial charge in [-0.05, 0) is 42.5 Å². The summed E-state index contributed by atoms with van der Waals surface area (Å²) in [5.41, 5.74) is 8.21. The van der Waals surface area contributed by atoms with E-state index in [0.29, 0.717) is 25.2 Å². The molecule has 0 bridgehead atoms. The fraction of sp³-hybridized carbons (Fsp3) is 0.316. The van der Waals surface area contributed by atoms with Gasteiger partial charge in [0.2, 0.25) is 0 Å². The first-order chi connectivity index (χ1) is 11.3. The lowest BCUT2D eigenvalue weighted by Crippen LogP contribution is -2.33. The maximum Gasteiger partial charge on any atom is 0.188 e. The standard InChI is InChI=1S/C19H23N3O.HI/c20-19(22-17-9-10-17)21-12-11-15-7-4-8-18(13-15)23-14-16-5-2-1-3-6-16;/h1-8,13,17H,9-12,14H2,(H3,20,21,22);1H. The smallest absolute Gasteiger partial charge is 0.188 e. The molecule has 0 unspecified atom stereocenters. The molecule has 0 atom stereocenters. The second-order valence-electron chi connectivity index (χ2n) is 5.86. The minimum absolute atomic E-state index is 0. The SMILES string of the molecule is I.NC(=NCCc1cccc(OCc2ccccc2)c1)NC1CC1. The Labute approximate surface area is 160 Å². The zero-order valence-corrected chi connectivity index (χ0v) is 16.0. The summed E-state index contributed by atoms with van der Waals surface area (Å²) in [6.07, 6.45) is 3.27. The van der Waals surface area contributed by atoms with Crippen molar-refractivity contribution in [3.63, 3.8) is 0 Å². The number of guanidine groups is 1. The number of rotatable bonds is 7. The summed E-state index contributed by atoms with van der Waals surface area (Å²) < 4.78 is 5.85. The Morgan fingerprint density at radius 3 is 2.58 bits per heavy atom. The van der Waals surface area contributed by atoms with Gasteiger partial charge in [0.25, 0.3) is 0 Å². The van der Waals surface area contributed by atoms with Gasteiger partial charge in [-0.2, -0.15) is 0 Å². The highest BCUT2D eigenvalue weighted by atomic mass is 127. The average molecular weight is 437 g/mol. The van der Waals surface area contributed by atoms with E-state index in [1.807, 2.05) is 30.3 Å². The topological polar surface area (TPSA) is 59.6 Å². The third-order valence-corrected chi connectivity index (χ3v) is 3.76. The molecule has 0 aliphatic heterocycles. The van der Waals surface area contributed by atoms with E-state index < -0.39 is 0 Å². The van der Waals surface area contributed by atoms with Gasteiger partial charge >= 0.3 is 0 Å². The third kappa shape index (κ3) is 6.39. The molecule has 24 heavy (non-hydrogen) atoms. The van der Waals surface area contributed by atoms with Crippen LogP contribution in [-0.2, 0) is 13.0 Å². The minimum Gasteiger partial charge on any atom is -0.489 e. The van der Waals surface area contributed by atoms with Crippen molar-refractivity contribution in [2.75, 3.05) is 6.54 Å². The number of hydrogen-bond acceptors (Lipinski definition) is 2. The van der Waals surface area contributed by atoms with Crippen molar-refractivity contribution in [1.29, 1.82) is 0 Å². The Morgan fingerprint density at radius 2 is 1.83 bits per heavy atom. The number of nitrogens with zero attached hydrogens (tertiary/aromatic N) is 1. The molecule has 0 amide bonds. The summed E-state index contributed by atoms with van der Waals surface area (Å²) in [5.74, 6) is 1.45. The van der Waals surface area contributed by atoms with E-state index in [1.54, 1.807) is 0 Å². The third-order valence-electron chi connectivity index (χ3n) is 3.76. The second-order valence-corrected chi connectivity index (χ2v) is 5.86. The van der Waals surface area contributed by atoms with Gasteiger partial charge in [-0.15, -0.1) is 24.0 Å². The molecular formula is C19H24IN3O. The fourth-order valence-electron chi connectivity index (χ4n) is 2.32. The fourth-order valence-corrected chi connectivity index (χ4v) is 2.32. The Bertz CT molecular complexity index is 657. The molecule has 4 nitrogen and oxygen atoms in total. The van der Waals surface area contributed by atoms with Gasteiger partial charge < -0.3 is 15.8 Å². The van der Waals surface area contributed by atoms with Crippen LogP contribution in [0.3, 0.4) is 0 Å². The maximum atomic E-state index is 5.85. The first kappa shape index (κ1) is 18.6. The zero-order valence-electron chi connectivity index (χ0n) is 13.7. The number of halogens is 1. The van der Waals surface area contributed by atoms with Crippen molar-refractivity contribution in [3.8, 4) is 5.75 Å². The Morgan fingerprint density at radius 1 is 1.08 bits per heavy atom. The van der Waals surface area contributed by atoms with E-state index in [9.17, 15) is 0 Å². The molecule has 2 aromatic rings. The van der Waals surface area contributed by atoms with E-state index >= 15 is 0 Å². The second kappa shape index (κ2) is 9.52. The van der Waals surface area contributed by atoms with Crippen LogP contribution in [0.2, 0.25) is 0 Å². The summed E-state index contributed by atoms with van der Waals surface area (Å²) in [4.78, 5) is 4.37. The molecular weight excluding hydrogens is 413 g/mol. The summed E-state index contributed by atoms with van der Waals surface area (Å²) in [6, 6.07) is 18.9. The van der Waals surface area contributed by atoms with Crippen LogP contribution in [0.25, 0.3) is 0 Å². The lowest BCUT2D eigenvalue weighted by atomic mass is 10.1. The predicted molar refractivity (Wildman–Crippen MR) is 109 cm³/mol. The van der Waals surface area contributed by atoms with Crippen LogP contribution in [0.1, 0.15) is 24.0 Å². The molecule has 1 aliphatic rings. The van der Waals surface area contributed by atoms with E-state index in [-0.39, 0.29) is 24.0 Å². The molecule has 1 aliphatic carbocycles. The maximum absolute atomic E-state index is 5.85. The average Bonchev–Trinajstić information content (AvgIpc) is 3.38. The monoisotopic (exact) mass is 437 g/mol. The van der Waals surface area contributed by atoms with Crippen molar-refractivity contribution in [3.05, 3.63) is 65.7 Å². The highest BCUT2D eigenvalue weighted by molar-refractivity contribution is 14.0. The lowest BCUT2D eigenvalue weighted by Gasteiger charge is -2.08. The highest BCUT2D eigenvalue weighted by Gasteiger charge is 2.21. The van der Waals surface area contributed by atoms with Gasteiger partial charge in [-0.3, -0.25) is 4.99 Å². The number of nitrogens with two attached hydrogens (primary N) is 1. The van der Waals surface area contributed by atoms with E-state index in [0.717, 1.165) is 12.2 Å². The van der Waals surface area contributed by atoms with Crippen molar-refractivity contribution in [2.24, 2.45) is 10.7 Å². The van der Waals surface area contributed by atoms with Gasteiger partial charge in [0.1, 0.15) is 12.4 Å². The molecule has 0 aromatic heterocycles. The number of benzene rings is 2. The van der Waals surface area contributed by atoms with Gasteiger partial charge in [0.05, 0.1) is 0 Å². The molecule has 2 aromatic carbocycles. The molecule has 0 radical (unpaired) electrons. The van der Waals surface area contributed by atoms with Crippen LogP contribution in [0.4, 0.5) is 0 Å². The summed E-state index contributed by atoms with van der Waals surface area (Å²) in [5, 5.41) is 3.19. The van der Waals surface area contributed by atoms with Crippen LogP contribution in [0.5, 0.6) is 5.75 Å². The molecule has 3 N–H and O–H groups in total. The van der Waals surface area contributed by atoms with Crippen molar-refractivity contribution in [2.45, 2.75) is 31.9 Å². The van der Waals surface area contributed by atoms with E-state index in [2.05, 4.69) is 34.6 Å². The molecule has 0 spiro atoms. The number of nitrogens with one attached hydrogen (secondary N) is 1. The minimum atomic E-state index is 0. The Kier molecular flexibility index (Phi) is 7.36. The first-order valence-corrected chi connectivity index (χ1v) is 8.12. The molecule has 3 rings (SSSR count). The van der Waals surface area contributed by atoms with Crippen molar-refractivity contribution < 1.29 is 4.74 Å². The number of aliphatic imine (C=N–C) groups is 1. The molecule has 128 valence electrons. The zero-order chi connectivity index (χ0) is 15.9. The van der Waals surface area contributed by atoms with E-state index in [4.69, 9.17) is 10.5 Å². The largest absolute Gasteiger partial charge is 0.489 e. The van der Waals surface area contributed by atoms with Gasteiger partial charge in [-0.1, -0.05) is 42.5 Å². The van der Waals surface area contributed by atoms with Crippen LogP contribution in [0.15, 0.2) is 59.6 Å². The van der Waals surface area contributed by atoms with Crippen molar-refractivity contribution in [1.82, 2.24) is 5.32 Å². The normalized spacial score (nSPS) is 13.9. The van der Waals surface area contributed by atoms with Gasteiger partial charge in [0, 0.05) is 12.6 Å². The Balaban J connectivity index is 0.00000208. The van der Waals surface area contributed by atoms with Gasteiger partial charge in [0.15, 0.2) is 5.96 Å². The quantitative estimate of drug-likeness (QED) is 0.396.